The van der Waals surface area contributed by atoms with Crippen LogP contribution in [-0.4, -0.2) is 5.33 Å². The van der Waals surface area contributed by atoms with Crippen LogP contribution < -0.4 is 0 Å². The van der Waals surface area contributed by atoms with E-state index in [0.717, 1.165) is 10.4 Å². The van der Waals surface area contributed by atoms with Gasteiger partial charge < -0.3 is 0 Å². The third-order valence-electron chi connectivity index (χ3n) is 2.34. The summed E-state index contributed by atoms with van der Waals surface area (Å²) in [5.74, 6) is 0. The van der Waals surface area contributed by atoms with E-state index in [9.17, 15) is 0 Å². The first kappa shape index (κ1) is 12.9. The van der Waals surface area contributed by atoms with Crippen LogP contribution in [0.3, 0.4) is 0 Å². The molecule has 0 fully saturated rings. The van der Waals surface area contributed by atoms with Crippen LogP contribution in [0.1, 0.15) is 11.8 Å². The Morgan fingerprint density at radius 2 is 2.18 bits per heavy atom. The van der Waals surface area contributed by atoms with Gasteiger partial charge in [-0.3, -0.25) is 0 Å². The largest absolute Gasteiger partial charge is 0.136 e. The van der Waals surface area contributed by atoms with E-state index in [1.807, 2.05) is 18.2 Å². The summed E-state index contributed by atoms with van der Waals surface area (Å²) in [6.45, 7) is 2.12. The van der Waals surface area contributed by atoms with Crippen LogP contribution >= 0.6 is 38.9 Å². The Hall–Kier alpha value is -0.570. The number of alkyl halides is 1. The zero-order valence-corrected chi connectivity index (χ0v) is 12.6. The predicted octanol–water partition coefficient (Wildman–Crippen LogP) is 5.87. The van der Waals surface area contributed by atoms with Gasteiger partial charge in [0.05, 0.1) is 0 Å². The first-order chi connectivity index (χ1) is 8.19. The molecule has 0 N–H and O–H groups in total. The van der Waals surface area contributed by atoms with E-state index in [1.165, 1.54) is 20.9 Å². The monoisotopic (exact) mass is 326 g/mol. The minimum atomic E-state index is 0.782. The highest BCUT2D eigenvalue weighted by Crippen LogP contribution is 2.30. The summed E-state index contributed by atoms with van der Waals surface area (Å²) in [6.07, 6.45) is 2.20. The fourth-order valence-corrected chi connectivity index (χ4v) is 2.89. The van der Waals surface area contributed by atoms with Crippen molar-refractivity contribution in [2.45, 2.75) is 6.92 Å². The van der Waals surface area contributed by atoms with Crippen LogP contribution in [0, 0.1) is 0 Å². The topological polar surface area (TPSA) is 0 Å². The van der Waals surface area contributed by atoms with E-state index in [2.05, 4.69) is 47.1 Å². The lowest BCUT2D eigenvalue weighted by molar-refractivity contribution is 1.46. The third-order valence-corrected chi connectivity index (χ3v) is 4.54. The predicted molar refractivity (Wildman–Crippen MR) is 82.2 cm³/mol. The van der Waals surface area contributed by atoms with Gasteiger partial charge in [0.15, 0.2) is 0 Å². The Morgan fingerprint density at radius 3 is 2.88 bits per heavy atom. The molecule has 1 aromatic heterocycles. The van der Waals surface area contributed by atoms with Crippen LogP contribution in [-0.2, 0) is 0 Å². The van der Waals surface area contributed by atoms with Gasteiger partial charge in [0.1, 0.15) is 0 Å². The van der Waals surface area contributed by atoms with Gasteiger partial charge in [-0.1, -0.05) is 45.2 Å². The van der Waals surface area contributed by atoms with Gasteiger partial charge in [-0.15, -0.1) is 11.3 Å². The maximum atomic E-state index is 5.99. The summed E-state index contributed by atoms with van der Waals surface area (Å²) in [7, 11) is 0. The molecule has 0 aliphatic carbocycles. The van der Waals surface area contributed by atoms with E-state index in [-0.39, 0.29) is 0 Å². The molecule has 17 heavy (non-hydrogen) atoms. The van der Waals surface area contributed by atoms with Crippen molar-refractivity contribution in [2.75, 3.05) is 5.33 Å². The SMILES string of the molecule is CC(=Cc1ccc(-c2cccc(Cl)c2)s1)CBr. The molecule has 0 nitrogen and oxygen atoms in total. The van der Waals surface area contributed by atoms with E-state index >= 15 is 0 Å². The highest BCUT2D eigenvalue weighted by atomic mass is 79.9. The van der Waals surface area contributed by atoms with Crippen LogP contribution in [0.25, 0.3) is 16.5 Å². The van der Waals surface area contributed by atoms with E-state index in [4.69, 9.17) is 11.6 Å². The molecule has 1 aromatic carbocycles. The molecule has 0 amide bonds. The number of thiophene rings is 1. The van der Waals surface area contributed by atoms with Crippen LogP contribution in [0.4, 0.5) is 0 Å². The highest BCUT2D eigenvalue weighted by molar-refractivity contribution is 9.09. The van der Waals surface area contributed by atoms with E-state index < -0.39 is 0 Å². The molecule has 0 aliphatic heterocycles. The molecule has 0 spiro atoms. The molecule has 2 aromatic rings. The molecule has 0 bridgehead atoms. The van der Waals surface area contributed by atoms with Crippen molar-refractivity contribution < 1.29 is 0 Å². The second-order valence-corrected chi connectivity index (χ2v) is 5.95. The standard InChI is InChI=1S/C14H12BrClS/c1-10(9-15)7-13-5-6-14(17-13)11-3-2-4-12(16)8-11/h2-8H,9H2,1H3. The Bertz CT molecular complexity index is 543. The van der Waals surface area contributed by atoms with Gasteiger partial charge >= 0.3 is 0 Å². The lowest BCUT2D eigenvalue weighted by Crippen LogP contribution is -1.73. The average molecular weight is 328 g/mol. The summed E-state index contributed by atoms with van der Waals surface area (Å²) >= 11 is 11.2. The smallest absolute Gasteiger partial charge is 0.0412 e. The van der Waals surface area contributed by atoms with Crippen molar-refractivity contribution in [2.24, 2.45) is 0 Å². The summed E-state index contributed by atoms with van der Waals surface area (Å²) in [5, 5.41) is 1.70. The number of allylic oxidation sites excluding steroid dienone is 1. The fraction of sp³-hybridized carbons (Fsp3) is 0.143. The molecule has 88 valence electrons. The maximum absolute atomic E-state index is 5.99. The normalized spacial score (nSPS) is 11.8. The second kappa shape index (κ2) is 5.85. The zero-order valence-electron chi connectivity index (χ0n) is 9.41. The molecule has 0 aliphatic rings. The van der Waals surface area contributed by atoms with Gasteiger partial charge in [-0.2, -0.15) is 0 Å². The second-order valence-electron chi connectivity index (χ2n) is 3.84. The van der Waals surface area contributed by atoms with Crippen molar-refractivity contribution in [1.82, 2.24) is 0 Å². The molecular formula is C14H12BrClS. The van der Waals surface area contributed by atoms with Crippen LogP contribution in [0.15, 0.2) is 42.0 Å². The van der Waals surface area contributed by atoms with Crippen molar-refractivity contribution in [3.8, 4) is 10.4 Å². The Morgan fingerprint density at radius 1 is 1.35 bits per heavy atom. The van der Waals surface area contributed by atoms with Crippen molar-refractivity contribution in [3.05, 3.63) is 51.9 Å². The molecule has 0 saturated heterocycles. The Balaban J connectivity index is 2.30. The number of hydrogen-bond donors (Lipinski definition) is 0. The molecule has 0 saturated carbocycles. The van der Waals surface area contributed by atoms with E-state index in [1.54, 1.807) is 11.3 Å². The van der Waals surface area contributed by atoms with Gasteiger partial charge in [-0.05, 0) is 42.8 Å². The maximum Gasteiger partial charge on any atom is 0.0412 e. The summed E-state index contributed by atoms with van der Waals surface area (Å²) in [6, 6.07) is 12.3. The number of benzene rings is 1. The first-order valence-corrected chi connectivity index (χ1v) is 7.59. The Labute approximate surface area is 119 Å². The molecule has 2 rings (SSSR count). The fourth-order valence-electron chi connectivity index (χ4n) is 1.51. The molecule has 1 heterocycles. The molecule has 0 radical (unpaired) electrons. The van der Waals surface area contributed by atoms with Crippen molar-refractivity contribution in [3.63, 3.8) is 0 Å². The summed E-state index contributed by atoms with van der Waals surface area (Å²) in [4.78, 5) is 2.53. The van der Waals surface area contributed by atoms with Gasteiger partial charge in [0, 0.05) is 20.1 Å². The first-order valence-electron chi connectivity index (χ1n) is 5.28. The van der Waals surface area contributed by atoms with Crippen LogP contribution in [0.2, 0.25) is 5.02 Å². The minimum Gasteiger partial charge on any atom is -0.136 e. The molecule has 3 heteroatoms. The minimum absolute atomic E-state index is 0.782. The molecule has 0 unspecified atom stereocenters. The van der Waals surface area contributed by atoms with Crippen molar-refractivity contribution >= 4 is 44.9 Å². The van der Waals surface area contributed by atoms with Gasteiger partial charge in [-0.25, -0.2) is 0 Å². The lowest BCUT2D eigenvalue weighted by Gasteiger charge is -1.97. The quantitative estimate of drug-likeness (QED) is 0.619. The third kappa shape index (κ3) is 3.44. The lowest BCUT2D eigenvalue weighted by atomic mass is 10.2. The van der Waals surface area contributed by atoms with Gasteiger partial charge in [0.2, 0.25) is 0 Å². The number of hydrogen-bond acceptors (Lipinski definition) is 1. The number of halogens is 2. The molecule has 0 atom stereocenters. The van der Waals surface area contributed by atoms with E-state index in [0.29, 0.717) is 0 Å². The zero-order chi connectivity index (χ0) is 12.3. The van der Waals surface area contributed by atoms with Gasteiger partial charge in [0.25, 0.3) is 0 Å². The highest BCUT2D eigenvalue weighted by Gasteiger charge is 2.02. The Kier molecular flexibility index (Phi) is 4.43. The number of rotatable bonds is 3. The summed E-state index contributed by atoms with van der Waals surface area (Å²) < 4.78 is 0. The van der Waals surface area contributed by atoms with Crippen LogP contribution in [0.5, 0.6) is 0 Å². The average Bonchev–Trinajstić information content (AvgIpc) is 2.77. The van der Waals surface area contributed by atoms with Crippen molar-refractivity contribution in [1.29, 1.82) is 0 Å². The molecular weight excluding hydrogens is 316 g/mol. The summed E-state index contributed by atoms with van der Waals surface area (Å²) in [5.41, 5.74) is 2.50.